The maximum atomic E-state index is 5.84. The molecule has 0 saturated carbocycles. The highest BCUT2D eigenvalue weighted by atomic mass is 35.5. The Labute approximate surface area is 105 Å². The molecule has 86 valence electrons. The molecule has 0 unspecified atom stereocenters. The third-order valence-corrected chi connectivity index (χ3v) is 2.19. The van der Waals surface area contributed by atoms with Crippen LogP contribution < -0.4 is 10.6 Å². The summed E-state index contributed by atoms with van der Waals surface area (Å²) in [4.78, 5) is 0. The highest BCUT2D eigenvalue weighted by molar-refractivity contribution is 7.80. The van der Waals surface area contributed by atoms with Gasteiger partial charge in [-0.3, -0.25) is 0 Å². The van der Waals surface area contributed by atoms with Gasteiger partial charge in [0.25, 0.3) is 0 Å². The van der Waals surface area contributed by atoms with Gasteiger partial charge in [0.05, 0.1) is 12.8 Å². The van der Waals surface area contributed by atoms with Crippen molar-refractivity contribution in [3.63, 3.8) is 0 Å². The first-order valence-electron chi connectivity index (χ1n) is 4.75. The van der Waals surface area contributed by atoms with Crippen molar-refractivity contribution in [1.82, 2.24) is 5.32 Å². The minimum Gasteiger partial charge on any atom is -0.500 e. The average molecular weight is 257 g/mol. The zero-order valence-electron chi connectivity index (χ0n) is 8.70. The van der Waals surface area contributed by atoms with Gasteiger partial charge in [0.1, 0.15) is 6.61 Å². The summed E-state index contributed by atoms with van der Waals surface area (Å²) in [5.74, 6) is 0. The van der Waals surface area contributed by atoms with Crippen LogP contribution in [0, 0.1) is 0 Å². The van der Waals surface area contributed by atoms with Crippen LogP contribution in [-0.2, 0) is 4.74 Å². The van der Waals surface area contributed by atoms with Crippen LogP contribution in [0.25, 0.3) is 0 Å². The van der Waals surface area contributed by atoms with E-state index in [1.807, 2.05) is 12.1 Å². The van der Waals surface area contributed by atoms with Crippen molar-refractivity contribution in [3.05, 3.63) is 42.1 Å². The van der Waals surface area contributed by atoms with Crippen molar-refractivity contribution >= 4 is 34.6 Å². The van der Waals surface area contributed by atoms with E-state index in [0.717, 1.165) is 5.69 Å². The van der Waals surface area contributed by atoms with E-state index >= 15 is 0 Å². The molecule has 0 fully saturated rings. The number of anilines is 1. The molecule has 0 radical (unpaired) electrons. The lowest BCUT2D eigenvalue weighted by molar-refractivity contribution is 0.256. The van der Waals surface area contributed by atoms with Crippen molar-refractivity contribution in [1.29, 1.82) is 0 Å². The quantitative estimate of drug-likeness (QED) is 0.482. The lowest BCUT2D eigenvalue weighted by Crippen LogP contribution is -2.30. The van der Waals surface area contributed by atoms with Crippen LogP contribution in [-0.4, -0.2) is 18.3 Å². The predicted octanol–water partition coefficient (Wildman–Crippen LogP) is 2.79. The normalized spacial score (nSPS) is 9.31. The third-order valence-electron chi connectivity index (χ3n) is 1.71. The molecule has 0 bridgehead atoms. The molecule has 3 nitrogen and oxygen atoms in total. The molecule has 0 saturated heterocycles. The van der Waals surface area contributed by atoms with Gasteiger partial charge in [0.2, 0.25) is 0 Å². The molecule has 2 N–H and O–H groups in total. The third kappa shape index (κ3) is 5.00. The lowest BCUT2D eigenvalue weighted by atomic mass is 10.3. The zero-order chi connectivity index (χ0) is 11.8. The van der Waals surface area contributed by atoms with E-state index in [2.05, 4.69) is 17.2 Å². The fraction of sp³-hybridized carbons (Fsp3) is 0.182. The van der Waals surface area contributed by atoms with Gasteiger partial charge in [-0.15, -0.1) is 0 Å². The first-order valence-corrected chi connectivity index (χ1v) is 5.54. The zero-order valence-corrected chi connectivity index (χ0v) is 10.3. The maximum absolute atomic E-state index is 5.84. The van der Waals surface area contributed by atoms with Gasteiger partial charge < -0.3 is 15.4 Å². The SMILES string of the molecule is C=COCCNC(=S)Nc1cccc(Cl)c1. The van der Waals surface area contributed by atoms with Crippen molar-refractivity contribution in [3.8, 4) is 0 Å². The van der Waals surface area contributed by atoms with Gasteiger partial charge in [0.15, 0.2) is 5.11 Å². The minimum absolute atomic E-state index is 0.529. The molecule has 1 aromatic rings. The van der Waals surface area contributed by atoms with Crippen LogP contribution in [0.3, 0.4) is 0 Å². The second kappa shape index (κ2) is 7.09. The standard InChI is InChI=1S/C11H13ClN2OS/c1-2-15-7-6-13-11(16)14-10-5-3-4-9(12)8-10/h2-5,8H,1,6-7H2,(H2,13,14,16). The van der Waals surface area contributed by atoms with Gasteiger partial charge in [-0.1, -0.05) is 24.2 Å². The van der Waals surface area contributed by atoms with E-state index in [4.69, 9.17) is 28.6 Å². The van der Waals surface area contributed by atoms with Crippen LogP contribution in [0.1, 0.15) is 0 Å². The molecule has 0 spiro atoms. The molecule has 1 rings (SSSR count). The van der Waals surface area contributed by atoms with Crippen LogP contribution in [0.2, 0.25) is 5.02 Å². The highest BCUT2D eigenvalue weighted by Crippen LogP contribution is 2.14. The van der Waals surface area contributed by atoms with Crippen molar-refractivity contribution in [2.24, 2.45) is 0 Å². The van der Waals surface area contributed by atoms with E-state index < -0.39 is 0 Å². The second-order valence-electron chi connectivity index (χ2n) is 2.93. The number of thiocarbonyl (C=S) groups is 1. The summed E-state index contributed by atoms with van der Waals surface area (Å²) >= 11 is 10.9. The Morgan fingerprint density at radius 2 is 2.38 bits per heavy atom. The number of rotatable bonds is 5. The van der Waals surface area contributed by atoms with Crippen molar-refractivity contribution in [2.45, 2.75) is 0 Å². The molecular formula is C11H13ClN2OS. The summed E-state index contributed by atoms with van der Waals surface area (Å²) in [7, 11) is 0. The van der Waals surface area contributed by atoms with Crippen molar-refractivity contribution < 1.29 is 4.74 Å². The number of halogens is 1. The van der Waals surface area contributed by atoms with E-state index in [1.54, 1.807) is 12.1 Å². The maximum Gasteiger partial charge on any atom is 0.170 e. The smallest absolute Gasteiger partial charge is 0.170 e. The summed E-state index contributed by atoms with van der Waals surface area (Å²) < 4.78 is 4.95. The number of hydrogen-bond acceptors (Lipinski definition) is 2. The Morgan fingerprint density at radius 1 is 1.56 bits per heavy atom. The average Bonchev–Trinajstić information content (AvgIpc) is 2.24. The molecule has 0 aliphatic carbocycles. The van der Waals surface area contributed by atoms with Gasteiger partial charge >= 0.3 is 0 Å². The highest BCUT2D eigenvalue weighted by Gasteiger charge is 1.97. The number of nitrogens with one attached hydrogen (secondary N) is 2. The topological polar surface area (TPSA) is 33.3 Å². The summed E-state index contributed by atoms with van der Waals surface area (Å²) in [6.07, 6.45) is 1.40. The van der Waals surface area contributed by atoms with Crippen LogP contribution in [0.5, 0.6) is 0 Å². The first-order chi connectivity index (χ1) is 7.72. The summed E-state index contributed by atoms with van der Waals surface area (Å²) in [5.41, 5.74) is 0.856. The van der Waals surface area contributed by atoms with E-state index in [0.29, 0.717) is 23.3 Å². The van der Waals surface area contributed by atoms with Crippen LogP contribution in [0.4, 0.5) is 5.69 Å². The largest absolute Gasteiger partial charge is 0.500 e. The fourth-order valence-electron chi connectivity index (χ4n) is 1.05. The van der Waals surface area contributed by atoms with Crippen LogP contribution in [0.15, 0.2) is 37.1 Å². The molecule has 0 aromatic heterocycles. The molecule has 0 heterocycles. The van der Waals surface area contributed by atoms with Gasteiger partial charge in [0, 0.05) is 10.7 Å². The number of benzene rings is 1. The van der Waals surface area contributed by atoms with E-state index in [-0.39, 0.29) is 0 Å². The molecule has 0 aliphatic heterocycles. The molecule has 1 aromatic carbocycles. The molecule has 0 amide bonds. The molecular weight excluding hydrogens is 244 g/mol. The first kappa shape index (κ1) is 12.8. The Morgan fingerprint density at radius 3 is 3.06 bits per heavy atom. The molecule has 16 heavy (non-hydrogen) atoms. The Balaban J connectivity index is 2.31. The predicted molar refractivity (Wildman–Crippen MR) is 71.8 cm³/mol. The van der Waals surface area contributed by atoms with Crippen molar-refractivity contribution in [2.75, 3.05) is 18.5 Å². The second-order valence-corrected chi connectivity index (χ2v) is 3.77. The molecule has 0 aliphatic rings. The summed E-state index contributed by atoms with van der Waals surface area (Å²) in [6.45, 7) is 4.59. The summed E-state index contributed by atoms with van der Waals surface area (Å²) in [6, 6.07) is 7.35. The minimum atomic E-state index is 0.529. The van der Waals surface area contributed by atoms with E-state index in [9.17, 15) is 0 Å². The molecule has 5 heteroatoms. The number of ether oxygens (including phenoxy) is 1. The Bertz CT molecular complexity index is 371. The lowest BCUT2D eigenvalue weighted by Gasteiger charge is -2.10. The Hall–Kier alpha value is -1.26. The van der Waals surface area contributed by atoms with Crippen LogP contribution >= 0.6 is 23.8 Å². The van der Waals surface area contributed by atoms with Gasteiger partial charge in [-0.05, 0) is 30.4 Å². The number of hydrogen-bond donors (Lipinski definition) is 2. The monoisotopic (exact) mass is 256 g/mol. The van der Waals surface area contributed by atoms with Gasteiger partial charge in [-0.25, -0.2) is 0 Å². The molecule has 0 atom stereocenters. The Kier molecular flexibility index (Phi) is 5.67. The summed E-state index contributed by atoms with van der Waals surface area (Å²) in [5, 5.41) is 7.21. The van der Waals surface area contributed by atoms with Gasteiger partial charge in [-0.2, -0.15) is 0 Å². The van der Waals surface area contributed by atoms with E-state index in [1.165, 1.54) is 6.26 Å². The fourth-order valence-corrected chi connectivity index (χ4v) is 1.46.